The first kappa shape index (κ1) is 9.42. The first-order valence-corrected chi connectivity index (χ1v) is 4.70. The number of rotatable bonds is 1. The summed E-state index contributed by atoms with van der Waals surface area (Å²) in [5, 5.41) is 0. The van der Waals surface area contributed by atoms with E-state index in [-0.39, 0.29) is 0 Å². The molecule has 2 heteroatoms. The SMILES string of the molecule is [C-]#[N+]c1cccc(-c2ccncc2C)c1. The number of benzene rings is 1. The van der Waals surface area contributed by atoms with Gasteiger partial charge in [0.1, 0.15) is 0 Å². The van der Waals surface area contributed by atoms with E-state index in [1.165, 1.54) is 0 Å². The minimum absolute atomic E-state index is 0.670. The Balaban J connectivity index is 2.55. The average Bonchev–Trinajstić information content (AvgIpc) is 2.30. The molecule has 0 spiro atoms. The molecule has 0 fully saturated rings. The van der Waals surface area contributed by atoms with Gasteiger partial charge in [0.15, 0.2) is 5.69 Å². The first-order valence-electron chi connectivity index (χ1n) is 4.70. The van der Waals surface area contributed by atoms with Gasteiger partial charge in [-0.3, -0.25) is 4.98 Å². The number of aryl methyl sites for hydroxylation is 1. The fourth-order valence-electron chi connectivity index (χ4n) is 1.54. The average molecular weight is 194 g/mol. The summed E-state index contributed by atoms with van der Waals surface area (Å²) in [7, 11) is 0. The molecular formula is C13H10N2. The molecule has 0 radical (unpaired) electrons. The van der Waals surface area contributed by atoms with Crippen molar-refractivity contribution < 1.29 is 0 Å². The van der Waals surface area contributed by atoms with Gasteiger partial charge in [-0.25, -0.2) is 4.85 Å². The molecule has 0 saturated heterocycles. The quantitative estimate of drug-likeness (QED) is 0.634. The van der Waals surface area contributed by atoms with E-state index in [9.17, 15) is 0 Å². The van der Waals surface area contributed by atoms with Gasteiger partial charge in [0.25, 0.3) is 0 Å². The first-order chi connectivity index (χ1) is 7.31. The van der Waals surface area contributed by atoms with Crippen molar-refractivity contribution in [2.24, 2.45) is 0 Å². The normalized spacial score (nSPS) is 9.60. The van der Waals surface area contributed by atoms with Crippen molar-refractivity contribution in [3.8, 4) is 11.1 Å². The lowest BCUT2D eigenvalue weighted by atomic mass is 10.0. The molecule has 15 heavy (non-hydrogen) atoms. The monoisotopic (exact) mass is 194 g/mol. The van der Waals surface area contributed by atoms with Crippen LogP contribution in [-0.2, 0) is 0 Å². The predicted octanol–water partition coefficient (Wildman–Crippen LogP) is 3.61. The van der Waals surface area contributed by atoms with Gasteiger partial charge in [-0.2, -0.15) is 0 Å². The summed E-state index contributed by atoms with van der Waals surface area (Å²) in [5.74, 6) is 0. The zero-order valence-electron chi connectivity index (χ0n) is 8.44. The molecule has 0 atom stereocenters. The lowest BCUT2D eigenvalue weighted by Gasteiger charge is -2.04. The van der Waals surface area contributed by atoms with Crippen LogP contribution in [0.2, 0.25) is 0 Å². The van der Waals surface area contributed by atoms with Crippen LogP contribution in [0, 0.1) is 13.5 Å². The van der Waals surface area contributed by atoms with E-state index in [0.29, 0.717) is 5.69 Å². The van der Waals surface area contributed by atoms with Gasteiger partial charge in [-0.1, -0.05) is 18.2 Å². The zero-order chi connectivity index (χ0) is 10.7. The maximum atomic E-state index is 6.97. The van der Waals surface area contributed by atoms with Gasteiger partial charge in [0, 0.05) is 12.4 Å². The van der Waals surface area contributed by atoms with Crippen molar-refractivity contribution in [3.63, 3.8) is 0 Å². The Morgan fingerprint density at radius 1 is 1.27 bits per heavy atom. The molecule has 2 aromatic rings. The largest absolute Gasteiger partial charge is 0.264 e. The van der Waals surface area contributed by atoms with E-state index in [1.54, 1.807) is 6.20 Å². The molecule has 0 bridgehead atoms. The topological polar surface area (TPSA) is 17.2 Å². The van der Waals surface area contributed by atoms with Gasteiger partial charge in [-0.05, 0) is 35.7 Å². The summed E-state index contributed by atoms with van der Waals surface area (Å²) in [6.45, 7) is 8.99. The third-order valence-electron chi connectivity index (χ3n) is 2.31. The van der Waals surface area contributed by atoms with Gasteiger partial charge in [-0.15, -0.1) is 0 Å². The van der Waals surface area contributed by atoms with Crippen LogP contribution >= 0.6 is 0 Å². The summed E-state index contributed by atoms with van der Waals surface area (Å²) in [6, 6.07) is 9.60. The van der Waals surface area contributed by atoms with Gasteiger partial charge in [0.05, 0.1) is 6.57 Å². The van der Waals surface area contributed by atoms with Crippen molar-refractivity contribution in [1.29, 1.82) is 0 Å². The molecule has 0 N–H and O–H groups in total. The van der Waals surface area contributed by atoms with Crippen LogP contribution in [0.4, 0.5) is 5.69 Å². The Morgan fingerprint density at radius 3 is 2.87 bits per heavy atom. The van der Waals surface area contributed by atoms with Crippen molar-refractivity contribution in [1.82, 2.24) is 4.98 Å². The number of hydrogen-bond donors (Lipinski definition) is 0. The minimum atomic E-state index is 0.670. The lowest BCUT2D eigenvalue weighted by Crippen LogP contribution is -1.83. The fraction of sp³-hybridized carbons (Fsp3) is 0.0769. The predicted molar refractivity (Wildman–Crippen MR) is 60.7 cm³/mol. The van der Waals surface area contributed by atoms with Gasteiger partial charge >= 0.3 is 0 Å². The lowest BCUT2D eigenvalue weighted by molar-refractivity contribution is 1.27. The van der Waals surface area contributed by atoms with Crippen LogP contribution in [0.5, 0.6) is 0 Å². The van der Waals surface area contributed by atoms with E-state index >= 15 is 0 Å². The Hall–Kier alpha value is -2.14. The molecule has 2 nitrogen and oxygen atoms in total. The summed E-state index contributed by atoms with van der Waals surface area (Å²) in [5.41, 5.74) is 4.00. The Morgan fingerprint density at radius 2 is 2.13 bits per heavy atom. The van der Waals surface area contributed by atoms with Crippen LogP contribution < -0.4 is 0 Å². The third kappa shape index (κ3) is 1.87. The second kappa shape index (κ2) is 3.93. The number of hydrogen-bond acceptors (Lipinski definition) is 1. The molecule has 1 heterocycles. The highest BCUT2D eigenvalue weighted by atomic mass is 14.6. The number of aromatic nitrogens is 1. The van der Waals surface area contributed by atoms with Crippen molar-refractivity contribution in [2.75, 3.05) is 0 Å². The second-order valence-corrected chi connectivity index (χ2v) is 3.35. The van der Waals surface area contributed by atoms with Crippen molar-refractivity contribution in [3.05, 3.63) is 59.7 Å². The summed E-state index contributed by atoms with van der Waals surface area (Å²) >= 11 is 0. The zero-order valence-corrected chi connectivity index (χ0v) is 8.44. The highest BCUT2D eigenvalue weighted by Gasteiger charge is 2.01. The summed E-state index contributed by atoms with van der Waals surface area (Å²) in [6.07, 6.45) is 3.60. The molecule has 2 rings (SSSR count). The Bertz CT molecular complexity index is 524. The number of pyridine rings is 1. The van der Waals surface area contributed by atoms with Crippen molar-refractivity contribution >= 4 is 5.69 Å². The molecule has 0 aliphatic carbocycles. The van der Waals surface area contributed by atoms with Gasteiger partial charge < -0.3 is 0 Å². The molecule has 72 valence electrons. The summed E-state index contributed by atoms with van der Waals surface area (Å²) in [4.78, 5) is 7.47. The minimum Gasteiger partial charge on any atom is -0.264 e. The highest BCUT2D eigenvalue weighted by molar-refractivity contribution is 5.70. The summed E-state index contributed by atoms with van der Waals surface area (Å²) < 4.78 is 0. The fourth-order valence-corrected chi connectivity index (χ4v) is 1.54. The van der Waals surface area contributed by atoms with Crippen LogP contribution in [0.25, 0.3) is 16.0 Å². The van der Waals surface area contributed by atoms with Gasteiger partial charge in [0.2, 0.25) is 0 Å². The molecule has 0 unspecified atom stereocenters. The molecule has 0 aliphatic rings. The molecule has 0 aliphatic heterocycles. The third-order valence-corrected chi connectivity index (χ3v) is 2.31. The van der Waals surface area contributed by atoms with Crippen LogP contribution in [0.15, 0.2) is 42.7 Å². The van der Waals surface area contributed by atoms with Crippen LogP contribution in [0.3, 0.4) is 0 Å². The standard InChI is InChI=1S/C13H10N2/c1-10-9-15-7-6-13(10)11-4-3-5-12(8-11)14-2/h3-9H,1H3. The van der Waals surface area contributed by atoms with E-state index in [2.05, 4.69) is 9.83 Å². The van der Waals surface area contributed by atoms with Crippen LogP contribution in [0.1, 0.15) is 5.56 Å². The molecule has 1 aromatic heterocycles. The smallest absolute Gasteiger partial charge is 0.187 e. The Kier molecular flexibility index (Phi) is 2.47. The molecule has 1 aromatic carbocycles. The maximum absolute atomic E-state index is 6.97. The van der Waals surface area contributed by atoms with E-state index in [1.807, 2.05) is 43.5 Å². The second-order valence-electron chi connectivity index (χ2n) is 3.35. The maximum Gasteiger partial charge on any atom is 0.187 e. The van der Waals surface area contributed by atoms with E-state index in [0.717, 1.165) is 16.7 Å². The Labute approximate surface area is 89.0 Å². The highest BCUT2D eigenvalue weighted by Crippen LogP contribution is 2.25. The van der Waals surface area contributed by atoms with E-state index < -0.39 is 0 Å². The number of nitrogens with zero attached hydrogens (tertiary/aromatic N) is 2. The molecule has 0 saturated carbocycles. The van der Waals surface area contributed by atoms with E-state index in [4.69, 9.17) is 6.57 Å². The molecular weight excluding hydrogens is 184 g/mol. The van der Waals surface area contributed by atoms with Crippen LogP contribution in [-0.4, -0.2) is 4.98 Å². The molecule has 0 amide bonds. The van der Waals surface area contributed by atoms with Crippen molar-refractivity contribution in [2.45, 2.75) is 6.92 Å².